The summed E-state index contributed by atoms with van der Waals surface area (Å²) in [6, 6.07) is 9.83. The van der Waals surface area contributed by atoms with Crippen molar-refractivity contribution in [3.8, 4) is 0 Å². The molecular formula is C12H11N3O. The lowest BCUT2D eigenvalue weighted by molar-refractivity contribution is 0.562. The molecule has 4 nitrogen and oxygen atoms in total. The van der Waals surface area contributed by atoms with Crippen LogP contribution in [-0.4, -0.2) is 9.55 Å². The molecule has 0 spiro atoms. The quantitative estimate of drug-likeness (QED) is 0.710. The van der Waals surface area contributed by atoms with E-state index in [0.29, 0.717) is 12.5 Å². The lowest BCUT2D eigenvalue weighted by Crippen LogP contribution is -2.03. The van der Waals surface area contributed by atoms with Crippen molar-refractivity contribution in [1.29, 1.82) is 0 Å². The highest BCUT2D eigenvalue weighted by Gasteiger charge is 2.07. The van der Waals surface area contributed by atoms with Crippen LogP contribution in [0, 0.1) is 0 Å². The van der Waals surface area contributed by atoms with E-state index in [1.807, 2.05) is 34.9 Å². The molecule has 0 radical (unpaired) electrons. The standard InChI is InChI=1S/C12H11N3O/c13-12-14-10-3-1-2-4-11(10)15(12)7-9-5-6-16-8-9/h1-6,8H,7H2,(H2,13,14). The van der Waals surface area contributed by atoms with Gasteiger partial charge in [-0.2, -0.15) is 0 Å². The van der Waals surface area contributed by atoms with Gasteiger partial charge < -0.3 is 14.7 Å². The number of para-hydroxylation sites is 2. The van der Waals surface area contributed by atoms with E-state index in [1.54, 1.807) is 12.5 Å². The van der Waals surface area contributed by atoms with Crippen molar-refractivity contribution >= 4 is 17.0 Å². The molecule has 4 heteroatoms. The van der Waals surface area contributed by atoms with Crippen LogP contribution in [0.25, 0.3) is 11.0 Å². The van der Waals surface area contributed by atoms with Crippen LogP contribution in [0.5, 0.6) is 0 Å². The van der Waals surface area contributed by atoms with E-state index in [0.717, 1.165) is 16.6 Å². The molecule has 0 unspecified atom stereocenters. The van der Waals surface area contributed by atoms with Crippen LogP contribution >= 0.6 is 0 Å². The molecule has 0 fully saturated rings. The number of nitrogen functional groups attached to an aromatic ring is 1. The highest BCUT2D eigenvalue weighted by atomic mass is 16.3. The molecule has 0 saturated carbocycles. The Morgan fingerprint density at radius 2 is 2.12 bits per heavy atom. The average molecular weight is 213 g/mol. The summed E-state index contributed by atoms with van der Waals surface area (Å²) in [7, 11) is 0. The Hall–Kier alpha value is -2.23. The summed E-state index contributed by atoms with van der Waals surface area (Å²) in [5.74, 6) is 0.530. The second-order valence-electron chi connectivity index (χ2n) is 3.68. The van der Waals surface area contributed by atoms with E-state index in [9.17, 15) is 0 Å². The van der Waals surface area contributed by atoms with Gasteiger partial charge in [-0.25, -0.2) is 4.98 Å². The Morgan fingerprint density at radius 1 is 1.25 bits per heavy atom. The molecule has 0 amide bonds. The number of fused-ring (bicyclic) bond motifs is 1. The minimum atomic E-state index is 0.530. The number of hydrogen-bond acceptors (Lipinski definition) is 3. The van der Waals surface area contributed by atoms with Gasteiger partial charge in [0.2, 0.25) is 5.95 Å². The minimum Gasteiger partial charge on any atom is -0.472 e. The number of anilines is 1. The summed E-state index contributed by atoms with van der Waals surface area (Å²) in [5.41, 5.74) is 8.93. The molecular weight excluding hydrogens is 202 g/mol. The third-order valence-corrected chi connectivity index (χ3v) is 2.60. The Balaban J connectivity index is 2.12. The average Bonchev–Trinajstić information content (AvgIpc) is 2.89. The number of benzene rings is 1. The second-order valence-corrected chi connectivity index (χ2v) is 3.68. The Labute approximate surface area is 92.3 Å². The first-order chi connectivity index (χ1) is 7.84. The van der Waals surface area contributed by atoms with Gasteiger partial charge in [0.15, 0.2) is 0 Å². The van der Waals surface area contributed by atoms with Crippen LogP contribution in [0.1, 0.15) is 5.56 Å². The van der Waals surface area contributed by atoms with Crippen molar-refractivity contribution in [2.24, 2.45) is 0 Å². The van der Waals surface area contributed by atoms with Crippen molar-refractivity contribution < 1.29 is 4.42 Å². The van der Waals surface area contributed by atoms with Crippen LogP contribution in [-0.2, 0) is 6.54 Å². The smallest absolute Gasteiger partial charge is 0.201 e. The van der Waals surface area contributed by atoms with E-state index in [4.69, 9.17) is 10.2 Å². The Bertz CT molecular complexity index is 610. The van der Waals surface area contributed by atoms with Crippen LogP contribution < -0.4 is 5.73 Å². The van der Waals surface area contributed by atoms with Gasteiger partial charge in [0, 0.05) is 5.56 Å². The molecule has 80 valence electrons. The minimum absolute atomic E-state index is 0.530. The summed E-state index contributed by atoms with van der Waals surface area (Å²) in [6.07, 6.45) is 3.37. The summed E-state index contributed by atoms with van der Waals surface area (Å²) < 4.78 is 7.01. The third kappa shape index (κ3) is 1.35. The lowest BCUT2D eigenvalue weighted by Gasteiger charge is -2.03. The molecule has 1 aromatic carbocycles. The molecule has 2 N–H and O–H groups in total. The fourth-order valence-corrected chi connectivity index (χ4v) is 1.83. The predicted molar refractivity (Wildman–Crippen MR) is 62.0 cm³/mol. The maximum atomic E-state index is 5.89. The number of aromatic nitrogens is 2. The maximum Gasteiger partial charge on any atom is 0.201 e. The molecule has 3 aromatic rings. The first-order valence-electron chi connectivity index (χ1n) is 5.06. The first-order valence-corrected chi connectivity index (χ1v) is 5.06. The molecule has 0 aliphatic carbocycles. The van der Waals surface area contributed by atoms with Gasteiger partial charge in [0.1, 0.15) is 0 Å². The summed E-state index contributed by atoms with van der Waals surface area (Å²) in [4.78, 5) is 4.30. The van der Waals surface area contributed by atoms with Crippen molar-refractivity contribution in [2.75, 3.05) is 5.73 Å². The van der Waals surface area contributed by atoms with E-state index < -0.39 is 0 Å². The van der Waals surface area contributed by atoms with Gasteiger partial charge in [0.05, 0.1) is 30.1 Å². The number of nitrogens with two attached hydrogens (primary N) is 1. The monoisotopic (exact) mass is 213 g/mol. The number of rotatable bonds is 2. The third-order valence-electron chi connectivity index (χ3n) is 2.60. The number of furan rings is 1. The number of hydrogen-bond donors (Lipinski definition) is 1. The zero-order chi connectivity index (χ0) is 11.0. The highest BCUT2D eigenvalue weighted by Crippen LogP contribution is 2.18. The van der Waals surface area contributed by atoms with Gasteiger partial charge in [-0.05, 0) is 18.2 Å². The SMILES string of the molecule is Nc1nc2ccccc2n1Cc1ccoc1. The topological polar surface area (TPSA) is 57.0 Å². The lowest BCUT2D eigenvalue weighted by atomic mass is 10.3. The van der Waals surface area contributed by atoms with E-state index in [2.05, 4.69) is 4.98 Å². The largest absolute Gasteiger partial charge is 0.472 e. The molecule has 16 heavy (non-hydrogen) atoms. The maximum absolute atomic E-state index is 5.89. The highest BCUT2D eigenvalue weighted by molar-refractivity contribution is 5.78. The van der Waals surface area contributed by atoms with Gasteiger partial charge in [-0.3, -0.25) is 0 Å². The Kier molecular flexibility index (Phi) is 1.93. The van der Waals surface area contributed by atoms with Crippen molar-refractivity contribution in [2.45, 2.75) is 6.54 Å². The molecule has 0 aliphatic rings. The number of imidazole rings is 1. The molecule has 0 saturated heterocycles. The number of nitrogens with zero attached hydrogens (tertiary/aromatic N) is 2. The van der Waals surface area contributed by atoms with Gasteiger partial charge >= 0.3 is 0 Å². The second kappa shape index (κ2) is 3.41. The van der Waals surface area contributed by atoms with Crippen molar-refractivity contribution in [3.05, 3.63) is 48.4 Å². The summed E-state index contributed by atoms with van der Waals surface area (Å²) in [5, 5.41) is 0. The normalized spacial score (nSPS) is 11.0. The zero-order valence-electron chi connectivity index (χ0n) is 8.63. The van der Waals surface area contributed by atoms with Crippen LogP contribution in [0.4, 0.5) is 5.95 Å². The first kappa shape index (κ1) is 9.03. The predicted octanol–water partition coefficient (Wildman–Crippen LogP) is 2.26. The van der Waals surface area contributed by atoms with E-state index in [-0.39, 0.29) is 0 Å². The molecule has 3 rings (SSSR count). The fourth-order valence-electron chi connectivity index (χ4n) is 1.83. The van der Waals surface area contributed by atoms with Crippen LogP contribution in [0.3, 0.4) is 0 Å². The molecule has 0 bridgehead atoms. The van der Waals surface area contributed by atoms with Gasteiger partial charge in [-0.1, -0.05) is 12.1 Å². The van der Waals surface area contributed by atoms with E-state index >= 15 is 0 Å². The van der Waals surface area contributed by atoms with E-state index in [1.165, 1.54) is 0 Å². The summed E-state index contributed by atoms with van der Waals surface area (Å²) in [6.45, 7) is 0.683. The summed E-state index contributed by atoms with van der Waals surface area (Å²) >= 11 is 0. The molecule has 2 aromatic heterocycles. The zero-order valence-corrected chi connectivity index (χ0v) is 8.63. The molecule has 0 aliphatic heterocycles. The van der Waals surface area contributed by atoms with Crippen molar-refractivity contribution in [1.82, 2.24) is 9.55 Å². The molecule has 2 heterocycles. The van der Waals surface area contributed by atoms with Crippen molar-refractivity contribution in [3.63, 3.8) is 0 Å². The fraction of sp³-hybridized carbons (Fsp3) is 0.0833. The Morgan fingerprint density at radius 3 is 2.94 bits per heavy atom. The van der Waals surface area contributed by atoms with Crippen LogP contribution in [0.2, 0.25) is 0 Å². The van der Waals surface area contributed by atoms with Gasteiger partial charge in [-0.15, -0.1) is 0 Å². The molecule has 0 atom stereocenters. The van der Waals surface area contributed by atoms with Crippen LogP contribution in [0.15, 0.2) is 47.3 Å². The van der Waals surface area contributed by atoms with Gasteiger partial charge in [0.25, 0.3) is 0 Å².